The number of pyridine rings is 1. The van der Waals surface area contributed by atoms with Gasteiger partial charge in [-0.25, -0.2) is 4.98 Å². The molecule has 3 heterocycles. The Morgan fingerprint density at radius 2 is 2.00 bits per heavy atom. The Balaban J connectivity index is 0.00000124. The van der Waals surface area contributed by atoms with E-state index in [1.165, 1.54) is 12.3 Å². The SMILES string of the molecule is CC.CC1(c2cccc(NC(=O)c3ncc(Cl)cc3Cl)c2)Cn2nccc2C(N)=N1. The van der Waals surface area contributed by atoms with Gasteiger partial charge in [-0.05, 0) is 36.8 Å². The number of carbonyl (C=O) groups is 1. The number of rotatable bonds is 3. The zero-order chi connectivity index (χ0) is 21.9. The Kier molecular flexibility index (Phi) is 6.43. The van der Waals surface area contributed by atoms with Gasteiger partial charge in [-0.3, -0.25) is 14.5 Å². The van der Waals surface area contributed by atoms with Crippen molar-refractivity contribution in [2.75, 3.05) is 5.32 Å². The molecule has 30 heavy (non-hydrogen) atoms. The number of carbonyl (C=O) groups excluding carboxylic acids is 1. The number of aromatic nitrogens is 3. The molecule has 1 atom stereocenters. The second kappa shape index (κ2) is 8.85. The fourth-order valence-corrected chi connectivity index (χ4v) is 3.65. The van der Waals surface area contributed by atoms with Crippen molar-refractivity contribution in [3.05, 3.63) is 75.8 Å². The Labute approximate surface area is 184 Å². The van der Waals surface area contributed by atoms with Crippen molar-refractivity contribution >= 4 is 40.6 Å². The van der Waals surface area contributed by atoms with E-state index in [4.69, 9.17) is 28.9 Å². The van der Waals surface area contributed by atoms with Crippen molar-refractivity contribution in [1.29, 1.82) is 0 Å². The molecule has 9 heteroatoms. The smallest absolute Gasteiger partial charge is 0.275 e. The van der Waals surface area contributed by atoms with Gasteiger partial charge < -0.3 is 11.1 Å². The second-order valence-corrected chi connectivity index (χ2v) is 7.51. The number of amidine groups is 1. The van der Waals surface area contributed by atoms with E-state index in [0.717, 1.165) is 11.3 Å². The molecule has 4 rings (SSSR count). The minimum Gasteiger partial charge on any atom is -0.382 e. The van der Waals surface area contributed by atoms with Crippen molar-refractivity contribution < 1.29 is 4.79 Å². The highest BCUT2D eigenvalue weighted by Gasteiger charge is 2.32. The molecular formula is C21H22Cl2N6O. The van der Waals surface area contributed by atoms with Crippen LogP contribution in [0.4, 0.5) is 5.69 Å². The molecule has 1 aliphatic heterocycles. The minimum absolute atomic E-state index is 0.101. The molecule has 2 aromatic heterocycles. The van der Waals surface area contributed by atoms with Gasteiger partial charge in [-0.1, -0.05) is 49.2 Å². The van der Waals surface area contributed by atoms with Crippen molar-refractivity contribution in [3.8, 4) is 0 Å². The third kappa shape index (κ3) is 4.32. The third-order valence-corrected chi connectivity index (χ3v) is 5.06. The van der Waals surface area contributed by atoms with Gasteiger partial charge >= 0.3 is 0 Å². The number of anilines is 1. The van der Waals surface area contributed by atoms with Crippen molar-refractivity contribution in [3.63, 3.8) is 0 Å². The van der Waals surface area contributed by atoms with Gasteiger partial charge in [0.1, 0.15) is 22.8 Å². The first-order chi connectivity index (χ1) is 14.4. The number of fused-ring (bicyclic) bond motifs is 1. The van der Waals surface area contributed by atoms with Crippen LogP contribution in [0.1, 0.15) is 42.5 Å². The van der Waals surface area contributed by atoms with E-state index in [2.05, 4.69) is 20.4 Å². The molecule has 7 nitrogen and oxygen atoms in total. The summed E-state index contributed by atoms with van der Waals surface area (Å²) in [6, 6.07) is 10.7. The van der Waals surface area contributed by atoms with Crippen molar-refractivity contribution in [1.82, 2.24) is 14.8 Å². The van der Waals surface area contributed by atoms with Crippen molar-refractivity contribution in [2.45, 2.75) is 32.9 Å². The van der Waals surface area contributed by atoms with E-state index in [1.807, 2.05) is 49.7 Å². The minimum atomic E-state index is -0.611. The predicted molar refractivity (Wildman–Crippen MR) is 120 cm³/mol. The Morgan fingerprint density at radius 1 is 1.23 bits per heavy atom. The van der Waals surface area contributed by atoms with E-state index in [-0.39, 0.29) is 10.7 Å². The largest absolute Gasteiger partial charge is 0.382 e. The summed E-state index contributed by atoms with van der Waals surface area (Å²) in [7, 11) is 0. The molecule has 1 unspecified atom stereocenters. The summed E-state index contributed by atoms with van der Waals surface area (Å²) in [5, 5.41) is 7.66. The molecule has 0 saturated carbocycles. The van der Waals surface area contributed by atoms with Gasteiger partial charge in [-0.15, -0.1) is 0 Å². The summed E-state index contributed by atoms with van der Waals surface area (Å²) in [6.07, 6.45) is 3.07. The Hall–Kier alpha value is -2.90. The Morgan fingerprint density at radius 3 is 2.73 bits per heavy atom. The molecule has 0 fully saturated rings. The maximum Gasteiger partial charge on any atom is 0.275 e. The third-order valence-electron chi connectivity index (χ3n) is 4.57. The molecule has 0 radical (unpaired) electrons. The highest BCUT2D eigenvalue weighted by molar-refractivity contribution is 6.36. The monoisotopic (exact) mass is 444 g/mol. The van der Waals surface area contributed by atoms with Crippen LogP contribution in [-0.2, 0) is 12.1 Å². The summed E-state index contributed by atoms with van der Waals surface area (Å²) in [5.74, 6) is 0.00262. The molecule has 3 N–H and O–H groups in total. The zero-order valence-electron chi connectivity index (χ0n) is 16.9. The van der Waals surface area contributed by atoms with Gasteiger partial charge in [0.05, 0.1) is 16.6 Å². The lowest BCUT2D eigenvalue weighted by Crippen LogP contribution is -2.37. The maximum absolute atomic E-state index is 12.5. The summed E-state index contributed by atoms with van der Waals surface area (Å²) >= 11 is 11.9. The number of hydrogen-bond donors (Lipinski definition) is 2. The summed E-state index contributed by atoms with van der Waals surface area (Å²) in [5.41, 5.74) is 7.89. The van der Waals surface area contributed by atoms with Crippen LogP contribution in [0.5, 0.6) is 0 Å². The standard InChI is InChI=1S/C19H16Cl2N6O.C2H6/c1-19(10-27-15(5-6-24-27)17(22)26-19)11-3-2-4-13(7-11)25-18(28)16-14(21)8-12(20)9-23-16;1-2/h2-9H,10H2,1H3,(H2,22,26)(H,25,28);1-2H3. The van der Waals surface area contributed by atoms with E-state index < -0.39 is 11.4 Å². The first kappa shape index (κ1) is 21.8. The summed E-state index contributed by atoms with van der Waals surface area (Å²) < 4.78 is 1.82. The first-order valence-corrected chi connectivity index (χ1v) is 10.2. The van der Waals surface area contributed by atoms with E-state index >= 15 is 0 Å². The summed E-state index contributed by atoms with van der Waals surface area (Å²) in [6.45, 7) is 6.51. The molecule has 0 saturated heterocycles. The number of aliphatic imine (C=N–C) groups is 1. The number of amides is 1. The van der Waals surface area contributed by atoms with Crippen LogP contribution in [0.2, 0.25) is 10.0 Å². The molecule has 1 aliphatic rings. The van der Waals surface area contributed by atoms with Crippen LogP contribution >= 0.6 is 23.2 Å². The fourth-order valence-electron chi connectivity index (χ4n) is 3.19. The number of benzene rings is 1. The van der Waals surface area contributed by atoms with Gasteiger partial charge in [0.2, 0.25) is 0 Å². The van der Waals surface area contributed by atoms with Crippen LogP contribution in [0.3, 0.4) is 0 Å². The molecule has 1 aromatic carbocycles. The number of nitrogens with one attached hydrogen (secondary N) is 1. The highest BCUT2D eigenvalue weighted by atomic mass is 35.5. The molecule has 0 spiro atoms. The zero-order valence-corrected chi connectivity index (χ0v) is 18.4. The molecule has 0 bridgehead atoms. The lowest BCUT2D eigenvalue weighted by molar-refractivity contribution is 0.102. The quantitative estimate of drug-likeness (QED) is 0.620. The molecule has 156 valence electrons. The molecule has 0 aliphatic carbocycles. The van der Waals surface area contributed by atoms with Crippen molar-refractivity contribution in [2.24, 2.45) is 10.7 Å². The lowest BCUT2D eigenvalue weighted by atomic mass is 9.91. The highest BCUT2D eigenvalue weighted by Crippen LogP contribution is 2.32. The number of halogens is 2. The number of nitrogens with zero attached hydrogens (tertiary/aromatic N) is 4. The molecule has 3 aromatic rings. The van der Waals surface area contributed by atoms with Crippen LogP contribution in [-0.4, -0.2) is 26.5 Å². The van der Waals surface area contributed by atoms with Crippen LogP contribution in [0, 0.1) is 0 Å². The lowest BCUT2D eigenvalue weighted by Gasteiger charge is -2.31. The second-order valence-electron chi connectivity index (χ2n) is 6.66. The topological polar surface area (TPSA) is 98.2 Å². The van der Waals surface area contributed by atoms with Gasteiger partial charge in [0.15, 0.2) is 0 Å². The Bertz CT molecular complexity index is 1110. The maximum atomic E-state index is 12.5. The summed E-state index contributed by atoms with van der Waals surface area (Å²) in [4.78, 5) is 21.2. The van der Waals surface area contributed by atoms with Gasteiger partial charge in [0, 0.05) is 18.1 Å². The van der Waals surface area contributed by atoms with Crippen LogP contribution in [0.15, 0.2) is 53.8 Å². The molecular weight excluding hydrogens is 423 g/mol. The number of hydrogen-bond acceptors (Lipinski definition) is 5. The van der Waals surface area contributed by atoms with E-state index in [1.54, 1.807) is 12.3 Å². The average Bonchev–Trinajstić information content (AvgIpc) is 3.18. The first-order valence-electron chi connectivity index (χ1n) is 9.46. The van der Waals surface area contributed by atoms with Gasteiger partial charge in [-0.2, -0.15) is 5.10 Å². The average molecular weight is 445 g/mol. The fraction of sp³-hybridized carbons (Fsp3) is 0.238. The van der Waals surface area contributed by atoms with E-state index in [9.17, 15) is 4.79 Å². The van der Waals surface area contributed by atoms with Gasteiger partial charge in [0.25, 0.3) is 5.91 Å². The van der Waals surface area contributed by atoms with E-state index in [0.29, 0.717) is 23.1 Å². The number of nitrogens with two attached hydrogens (primary N) is 1. The predicted octanol–water partition coefficient (Wildman–Crippen LogP) is 4.50. The van der Waals surface area contributed by atoms with Crippen LogP contribution < -0.4 is 11.1 Å². The normalized spacial score (nSPS) is 17.3. The molecule has 1 amide bonds. The van der Waals surface area contributed by atoms with Crippen LogP contribution in [0.25, 0.3) is 0 Å².